The van der Waals surface area contributed by atoms with Crippen molar-refractivity contribution < 1.29 is 33.3 Å². The maximum atomic E-state index is 14.0. The SMILES string of the molecule is CCN(CC)CC(O)CNC(=O)Nc1snc(OCc2cc(F)c(C)cc2F)c1C(=O)O. The number of carboxylic acid groups (broad SMARTS) is 1. The molecule has 9 nitrogen and oxygen atoms in total. The summed E-state index contributed by atoms with van der Waals surface area (Å²) in [6.07, 6.45) is -0.801. The Morgan fingerprint density at radius 3 is 2.56 bits per heavy atom. The first kappa shape index (κ1) is 25.4. The Labute approximate surface area is 188 Å². The van der Waals surface area contributed by atoms with Crippen molar-refractivity contribution in [1.82, 2.24) is 14.6 Å². The number of hydrogen-bond donors (Lipinski definition) is 4. The minimum absolute atomic E-state index is 0.0365. The number of halogens is 2. The van der Waals surface area contributed by atoms with Gasteiger partial charge in [-0.1, -0.05) is 13.8 Å². The quantitative estimate of drug-likeness (QED) is 0.396. The van der Waals surface area contributed by atoms with Gasteiger partial charge < -0.3 is 25.2 Å². The Bertz CT molecular complexity index is 952. The van der Waals surface area contributed by atoms with Crippen molar-refractivity contribution in [2.45, 2.75) is 33.5 Å². The molecule has 0 aliphatic carbocycles. The van der Waals surface area contributed by atoms with Gasteiger partial charge >= 0.3 is 12.0 Å². The predicted molar refractivity (Wildman–Crippen MR) is 115 cm³/mol. The van der Waals surface area contributed by atoms with E-state index < -0.39 is 41.9 Å². The van der Waals surface area contributed by atoms with Crippen LogP contribution in [0.4, 0.5) is 18.6 Å². The van der Waals surface area contributed by atoms with Crippen LogP contribution in [0.1, 0.15) is 35.3 Å². The van der Waals surface area contributed by atoms with Crippen molar-refractivity contribution in [3.63, 3.8) is 0 Å². The highest BCUT2D eigenvalue weighted by Crippen LogP contribution is 2.31. The molecule has 0 radical (unpaired) electrons. The Morgan fingerprint density at radius 2 is 1.94 bits per heavy atom. The van der Waals surface area contributed by atoms with Crippen LogP contribution in [0, 0.1) is 18.6 Å². The number of urea groups is 1. The second-order valence-corrected chi connectivity index (χ2v) is 7.73. The number of benzene rings is 1. The topological polar surface area (TPSA) is 124 Å². The van der Waals surface area contributed by atoms with E-state index >= 15 is 0 Å². The average Bonchev–Trinajstić information content (AvgIpc) is 3.14. The summed E-state index contributed by atoms with van der Waals surface area (Å²) in [6.45, 7) is 6.73. The standard InChI is InChI=1S/C20H26F2N4O5S/c1-4-26(5-2)9-13(27)8-23-20(30)24-18-16(19(28)29)17(25-32-18)31-10-12-7-14(21)11(3)6-15(12)22/h6-7,13,27H,4-5,8-10H2,1-3H3,(H,28,29)(H2,23,24,30). The van der Waals surface area contributed by atoms with Crippen LogP contribution in [0.25, 0.3) is 0 Å². The number of anilines is 1. The number of aromatic carboxylic acids is 1. The first-order valence-electron chi connectivity index (χ1n) is 9.91. The van der Waals surface area contributed by atoms with Crippen LogP contribution in [0.2, 0.25) is 0 Å². The van der Waals surface area contributed by atoms with Gasteiger partial charge in [0, 0.05) is 18.7 Å². The molecule has 1 heterocycles. The summed E-state index contributed by atoms with van der Waals surface area (Å²) in [5.74, 6) is -3.07. The fraction of sp³-hybridized carbons (Fsp3) is 0.450. The first-order chi connectivity index (χ1) is 15.2. The molecular weight excluding hydrogens is 446 g/mol. The van der Waals surface area contributed by atoms with Gasteiger partial charge in [0.1, 0.15) is 23.2 Å². The van der Waals surface area contributed by atoms with E-state index in [1.807, 2.05) is 18.7 Å². The normalized spacial score (nSPS) is 12.0. The maximum Gasteiger partial charge on any atom is 0.344 e. The number of nitrogens with zero attached hydrogens (tertiary/aromatic N) is 2. The van der Waals surface area contributed by atoms with E-state index in [4.69, 9.17) is 4.74 Å². The molecule has 32 heavy (non-hydrogen) atoms. The number of carboxylic acids is 1. The van der Waals surface area contributed by atoms with E-state index in [-0.39, 0.29) is 28.6 Å². The molecule has 0 saturated heterocycles. The lowest BCUT2D eigenvalue weighted by Crippen LogP contribution is -2.41. The maximum absolute atomic E-state index is 14.0. The number of rotatable bonds is 11. The van der Waals surface area contributed by atoms with Crippen molar-refractivity contribution in [2.24, 2.45) is 0 Å². The van der Waals surface area contributed by atoms with E-state index in [0.717, 1.165) is 25.2 Å². The summed E-state index contributed by atoms with van der Waals surface area (Å²) in [5, 5.41) is 24.2. The molecule has 0 aliphatic rings. The summed E-state index contributed by atoms with van der Waals surface area (Å²) in [7, 11) is 0. The lowest BCUT2D eigenvalue weighted by Gasteiger charge is -2.21. The summed E-state index contributed by atoms with van der Waals surface area (Å²) in [4.78, 5) is 25.8. The van der Waals surface area contributed by atoms with Crippen LogP contribution in [0.5, 0.6) is 5.88 Å². The van der Waals surface area contributed by atoms with Gasteiger partial charge in [0.05, 0.1) is 6.10 Å². The summed E-state index contributed by atoms with van der Waals surface area (Å²) in [6, 6.07) is 1.25. The number of carbonyl (C=O) groups excluding carboxylic acids is 1. The largest absolute Gasteiger partial charge is 0.477 e. The number of aliphatic hydroxyl groups is 1. The minimum Gasteiger partial charge on any atom is -0.477 e. The minimum atomic E-state index is -1.42. The highest BCUT2D eigenvalue weighted by atomic mass is 32.1. The van der Waals surface area contributed by atoms with Gasteiger partial charge in [-0.25, -0.2) is 18.4 Å². The van der Waals surface area contributed by atoms with Gasteiger partial charge in [-0.3, -0.25) is 5.32 Å². The Kier molecular flexibility index (Phi) is 9.29. The van der Waals surface area contributed by atoms with Crippen molar-refractivity contribution in [3.05, 3.63) is 40.5 Å². The van der Waals surface area contributed by atoms with Crippen molar-refractivity contribution in [1.29, 1.82) is 0 Å². The summed E-state index contributed by atoms with van der Waals surface area (Å²) in [5.41, 5.74) is -0.389. The zero-order valence-corrected chi connectivity index (χ0v) is 18.8. The smallest absolute Gasteiger partial charge is 0.344 e. The zero-order valence-electron chi connectivity index (χ0n) is 17.9. The molecular formula is C20H26F2N4O5S. The third-order valence-electron chi connectivity index (χ3n) is 4.66. The molecule has 2 aromatic rings. The van der Waals surface area contributed by atoms with Crippen LogP contribution in [0.15, 0.2) is 12.1 Å². The first-order valence-corrected chi connectivity index (χ1v) is 10.7. The molecule has 4 N–H and O–H groups in total. The van der Waals surface area contributed by atoms with Crippen LogP contribution < -0.4 is 15.4 Å². The number of hydrogen-bond acceptors (Lipinski definition) is 7. The number of aliphatic hydroxyl groups excluding tert-OH is 1. The molecule has 0 aliphatic heterocycles. The molecule has 1 aromatic heterocycles. The molecule has 2 rings (SSSR count). The second-order valence-electron chi connectivity index (χ2n) is 6.95. The van der Waals surface area contributed by atoms with Gasteiger partial charge in [-0.05, 0) is 49.2 Å². The van der Waals surface area contributed by atoms with Gasteiger partial charge in [-0.15, -0.1) is 0 Å². The van der Waals surface area contributed by atoms with Crippen molar-refractivity contribution >= 4 is 28.5 Å². The number of likely N-dealkylation sites (N-methyl/N-ethyl adjacent to an activating group) is 1. The van der Waals surface area contributed by atoms with E-state index in [2.05, 4.69) is 15.0 Å². The molecule has 0 saturated carbocycles. The molecule has 0 fully saturated rings. The molecule has 1 unspecified atom stereocenters. The Morgan fingerprint density at radius 1 is 1.25 bits per heavy atom. The van der Waals surface area contributed by atoms with Crippen LogP contribution >= 0.6 is 11.5 Å². The number of nitrogens with one attached hydrogen (secondary N) is 2. The highest BCUT2D eigenvalue weighted by Gasteiger charge is 2.24. The van der Waals surface area contributed by atoms with E-state index in [9.17, 15) is 28.6 Å². The number of aryl methyl sites for hydroxylation is 1. The van der Waals surface area contributed by atoms with E-state index in [1.165, 1.54) is 6.92 Å². The average molecular weight is 473 g/mol. The highest BCUT2D eigenvalue weighted by molar-refractivity contribution is 7.11. The molecule has 0 spiro atoms. The monoisotopic (exact) mass is 472 g/mol. The third-order valence-corrected chi connectivity index (χ3v) is 5.40. The summed E-state index contributed by atoms with van der Waals surface area (Å²) >= 11 is 0.664. The molecule has 2 amide bonds. The van der Waals surface area contributed by atoms with Crippen LogP contribution in [-0.4, -0.2) is 63.8 Å². The van der Waals surface area contributed by atoms with Gasteiger partial charge in [0.15, 0.2) is 5.56 Å². The van der Waals surface area contributed by atoms with E-state index in [1.54, 1.807) is 0 Å². The summed E-state index contributed by atoms with van der Waals surface area (Å²) < 4.78 is 36.8. The fourth-order valence-electron chi connectivity index (χ4n) is 2.79. The molecule has 12 heteroatoms. The number of aromatic nitrogens is 1. The van der Waals surface area contributed by atoms with Gasteiger partial charge in [0.2, 0.25) is 5.88 Å². The van der Waals surface area contributed by atoms with Crippen molar-refractivity contribution in [2.75, 3.05) is 31.5 Å². The van der Waals surface area contributed by atoms with E-state index in [0.29, 0.717) is 18.1 Å². The lowest BCUT2D eigenvalue weighted by atomic mass is 10.1. The zero-order chi connectivity index (χ0) is 23.8. The molecule has 0 bridgehead atoms. The van der Waals surface area contributed by atoms with Crippen molar-refractivity contribution in [3.8, 4) is 5.88 Å². The molecule has 1 atom stereocenters. The fourth-order valence-corrected chi connectivity index (χ4v) is 3.52. The second kappa shape index (κ2) is 11.7. The van der Waals surface area contributed by atoms with Crippen LogP contribution in [0.3, 0.4) is 0 Å². The number of amides is 2. The third kappa shape index (κ3) is 6.84. The number of ether oxygens (including phenoxy) is 1. The van der Waals surface area contributed by atoms with Gasteiger partial charge in [-0.2, -0.15) is 4.37 Å². The molecule has 176 valence electrons. The Balaban J connectivity index is 2.01. The predicted octanol–water partition coefficient (Wildman–Crippen LogP) is 2.83. The van der Waals surface area contributed by atoms with Gasteiger partial charge in [0.25, 0.3) is 0 Å². The molecule has 1 aromatic carbocycles. The Hall–Kier alpha value is -2.83. The van der Waals surface area contributed by atoms with Crippen LogP contribution in [-0.2, 0) is 6.61 Å². The lowest BCUT2D eigenvalue weighted by molar-refractivity contribution is 0.0693. The number of carbonyl (C=O) groups is 2.